The number of aromatic nitrogens is 2. The molecule has 0 saturated heterocycles. The summed E-state index contributed by atoms with van der Waals surface area (Å²) in [6.45, 7) is 0. The zero-order valence-corrected chi connectivity index (χ0v) is 13.8. The van der Waals surface area contributed by atoms with Crippen LogP contribution in [-0.2, 0) is 13.2 Å². The zero-order chi connectivity index (χ0) is 18.2. The van der Waals surface area contributed by atoms with Crippen molar-refractivity contribution in [3.63, 3.8) is 0 Å². The first-order valence-corrected chi connectivity index (χ1v) is 7.98. The van der Waals surface area contributed by atoms with Crippen LogP contribution in [0.5, 0.6) is 0 Å². The van der Waals surface area contributed by atoms with Gasteiger partial charge in [-0.3, -0.25) is 14.9 Å². The number of amides is 1. The summed E-state index contributed by atoms with van der Waals surface area (Å²) in [5.41, 5.74) is 0.117. The second-order valence-electron chi connectivity index (χ2n) is 5.33. The molecular formula is C16H13F3N4OS. The molecule has 3 rings (SSSR count). The summed E-state index contributed by atoms with van der Waals surface area (Å²) < 4.78 is 40.0. The quantitative estimate of drug-likeness (QED) is 0.692. The number of fused-ring (bicyclic) bond motifs is 1. The molecule has 0 fully saturated rings. The van der Waals surface area contributed by atoms with Crippen LogP contribution in [0.15, 0.2) is 47.6 Å². The van der Waals surface area contributed by atoms with Gasteiger partial charge in [-0.25, -0.2) is 0 Å². The summed E-state index contributed by atoms with van der Waals surface area (Å²) >= 11 is 1.05. The van der Waals surface area contributed by atoms with Crippen LogP contribution in [0.25, 0.3) is 10.9 Å². The third-order valence-electron chi connectivity index (χ3n) is 3.65. The summed E-state index contributed by atoms with van der Waals surface area (Å²) in [4.78, 5) is 16.6. The van der Waals surface area contributed by atoms with E-state index in [4.69, 9.17) is 5.14 Å². The predicted molar refractivity (Wildman–Crippen MR) is 90.2 cm³/mol. The van der Waals surface area contributed by atoms with Crippen LogP contribution in [0.1, 0.15) is 16.1 Å². The SMILES string of the molecule is Cn1cc(C(=O)Nc2ccnc(C(F)(F)F)c2)c2cc(SN)ccc21. The van der Waals surface area contributed by atoms with Gasteiger partial charge in [0, 0.05) is 40.9 Å². The predicted octanol–water partition coefficient (Wildman–Crippen LogP) is 3.81. The number of benzene rings is 1. The number of pyridine rings is 1. The molecule has 130 valence electrons. The van der Waals surface area contributed by atoms with Gasteiger partial charge in [-0.15, -0.1) is 0 Å². The van der Waals surface area contributed by atoms with Crippen LogP contribution in [-0.4, -0.2) is 15.5 Å². The molecule has 2 heterocycles. The Balaban J connectivity index is 1.95. The molecule has 3 aromatic rings. The van der Waals surface area contributed by atoms with Gasteiger partial charge in [-0.05, 0) is 42.3 Å². The molecule has 0 spiro atoms. The molecule has 0 bridgehead atoms. The van der Waals surface area contributed by atoms with E-state index in [0.717, 1.165) is 34.6 Å². The lowest BCUT2D eigenvalue weighted by molar-refractivity contribution is -0.141. The van der Waals surface area contributed by atoms with Gasteiger partial charge in [0.15, 0.2) is 0 Å². The van der Waals surface area contributed by atoms with Gasteiger partial charge in [-0.2, -0.15) is 13.2 Å². The molecule has 9 heteroatoms. The first-order valence-electron chi connectivity index (χ1n) is 7.10. The van der Waals surface area contributed by atoms with Crippen molar-refractivity contribution in [2.45, 2.75) is 11.1 Å². The van der Waals surface area contributed by atoms with Gasteiger partial charge in [0.25, 0.3) is 5.91 Å². The molecular weight excluding hydrogens is 353 g/mol. The van der Waals surface area contributed by atoms with Gasteiger partial charge in [-0.1, -0.05) is 0 Å². The normalized spacial score (nSPS) is 11.7. The van der Waals surface area contributed by atoms with Crippen molar-refractivity contribution in [1.29, 1.82) is 0 Å². The monoisotopic (exact) mass is 366 g/mol. The average Bonchev–Trinajstić information content (AvgIpc) is 2.90. The van der Waals surface area contributed by atoms with Crippen LogP contribution < -0.4 is 10.5 Å². The van der Waals surface area contributed by atoms with E-state index in [1.165, 1.54) is 6.07 Å². The molecule has 2 aromatic heterocycles. The molecule has 0 aliphatic carbocycles. The van der Waals surface area contributed by atoms with Crippen LogP contribution in [0.2, 0.25) is 0 Å². The highest BCUT2D eigenvalue weighted by molar-refractivity contribution is 7.97. The highest BCUT2D eigenvalue weighted by atomic mass is 32.2. The lowest BCUT2D eigenvalue weighted by Crippen LogP contribution is -2.13. The van der Waals surface area contributed by atoms with Gasteiger partial charge < -0.3 is 9.88 Å². The van der Waals surface area contributed by atoms with Crippen molar-refractivity contribution in [3.05, 3.63) is 54.0 Å². The van der Waals surface area contributed by atoms with E-state index in [-0.39, 0.29) is 5.69 Å². The molecule has 0 radical (unpaired) electrons. The Morgan fingerprint density at radius 2 is 2.04 bits per heavy atom. The van der Waals surface area contributed by atoms with Crippen molar-refractivity contribution in [3.8, 4) is 0 Å². The molecule has 0 atom stereocenters. The van der Waals surface area contributed by atoms with Crippen LogP contribution in [0.4, 0.5) is 18.9 Å². The molecule has 5 nitrogen and oxygen atoms in total. The number of alkyl halides is 3. The van der Waals surface area contributed by atoms with Crippen LogP contribution >= 0.6 is 11.9 Å². The number of carbonyl (C=O) groups is 1. The fourth-order valence-electron chi connectivity index (χ4n) is 2.49. The number of rotatable bonds is 3. The van der Waals surface area contributed by atoms with Crippen molar-refractivity contribution in [2.75, 3.05) is 5.32 Å². The molecule has 1 amide bonds. The highest BCUT2D eigenvalue weighted by Crippen LogP contribution is 2.29. The summed E-state index contributed by atoms with van der Waals surface area (Å²) in [5, 5.41) is 8.70. The number of anilines is 1. The number of halogens is 3. The first kappa shape index (κ1) is 17.3. The maximum absolute atomic E-state index is 12.7. The lowest BCUT2D eigenvalue weighted by Gasteiger charge is -2.08. The van der Waals surface area contributed by atoms with E-state index in [0.29, 0.717) is 10.9 Å². The maximum Gasteiger partial charge on any atom is 0.433 e. The second kappa shape index (κ2) is 6.41. The third kappa shape index (κ3) is 3.47. The smallest absolute Gasteiger partial charge is 0.350 e. The molecule has 25 heavy (non-hydrogen) atoms. The maximum atomic E-state index is 12.7. The van der Waals surface area contributed by atoms with E-state index < -0.39 is 17.8 Å². The lowest BCUT2D eigenvalue weighted by atomic mass is 10.1. The number of nitrogens with zero attached hydrogens (tertiary/aromatic N) is 2. The third-order valence-corrected chi connectivity index (χ3v) is 4.18. The highest BCUT2D eigenvalue weighted by Gasteiger charge is 2.32. The van der Waals surface area contributed by atoms with Gasteiger partial charge >= 0.3 is 6.18 Å². The Hall–Kier alpha value is -2.52. The van der Waals surface area contributed by atoms with Gasteiger partial charge in [0.2, 0.25) is 0 Å². The number of aryl methyl sites for hydroxylation is 1. The zero-order valence-electron chi connectivity index (χ0n) is 13.0. The van der Waals surface area contributed by atoms with Gasteiger partial charge in [0.1, 0.15) is 5.69 Å². The fourth-order valence-corrected chi connectivity index (χ4v) is 2.82. The fraction of sp³-hybridized carbons (Fsp3) is 0.125. The van der Waals surface area contributed by atoms with Gasteiger partial charge in [0.05, 0.1) is 5.56 Å². The minimum atomic E-state index is -4.58. The number of nitrogens with two attached hydrogens (primary N) is 1. The summed E-state index contributed by atoms with van der Waals surface area (Å²) in [6, 6.07) is 7.52. The minimum absolute atomic E-state index is 0.0219. The molecule has 0 aliphatic rings. The van der Waals surface area contributed by atoms with Crippen molar-refractivity contribution >= 4 is 34.4 Å². The Morgan fingerprint density at radius 1 is 1.28 bits per heavy atom. The summed E-state index contributed by atoms with van der Waals surface area (Å²) in [6.07, 6.45) is -1.95. The Bertz CT molecular complexity index is 952. The van der Waals surface area contributed by atoms with E-state index in [2.05, 4.69) is 10.3 Å². The molecule has 3 N–H and O–H groups in total. The number of hydrogen-bond donors (Lipinski definition) is 2. The average molecular weight is 366 g/mol. The van der Waals surface area contributed by atoms with Crippen LogP contribution in [0, 0.1) is 0 Å². The minimum Gasteiger partial charge on any atom is -0.350 e. The second-order valence-corrected chi connectivity index (χ2v) is 6.04. The molecule has 0 unspecified atom stereocenters. The first-order chi connectivity index (χ1) is 11.8. The Morgan fingerprint density at radius 3 is 2.72 bits per heavy atom. The largest absolute Gasteiger partial charge is 0.433 e. The van der Waals surface area contributed by atoms with E-state index in [9.17, 15) is 18.0 Å². The molecule has 0 saturated carbocycles. The topological polar surface area (TPSA) is 72.9 Å². The Kier molecular flexibility index (Phi) is 4.44. The number of hydrogen-bond acceptors (Lipinski definition) is 4. The number of nitrogens with one attached hydrogen (secondary N) is 1. The van der Waals surface area contributed by atoms with E-state index in [1.807, 2.05) is 12.1 Å². The van der Waals surface area contributed by atoms with Crippen molar-refractivity contribution in [1.82, 2.24) is 9.55 Å². The molecule has 1 aromatic carbocycles. The van der Waals surface area contributed by atoms with E-state index in [1.54, 1.807) is 23.9 Å². The standard InChI is InChI=1S/C16H13F3N4OS/c1-23-8-12(11-7-10(25-20)2-3-13(11)23)15(24)22-9-4-5-21-14(6-9)16(17,18)19/h2-8H,20H2,1H3,(H,21,22,24). The van der Waals surface area contributed by atoms with E-state index >= 15 is 0 Å². The Labute approximate surface area is 145 Å². The summed E-state index contributed by atoms with van der Waals surface area (Å²) in [7, 11) is 1.78. The van der Waals surface area contributed by atoms with Crippen LogP contribution in [0.3, 0.4) is 0 Å². The van der Waals surface area contributed by atoms with Crippen molar-refractivity contribution in [2.24, 2.45) is 12.2 Å². The van der Waals surface area contributed by atoms with Crippen molar-refractivity contribution < 1.29 is 18.0 Å². The molecule has 0 aliphatic heterocycles. The summed E-state index contributed by atoms with van der Waals surface area (Å²) in [5.74, 6) is -0.510. The number of carbonyl (C=O) groups excluding carboxylic acids is 1.